The highest BCUT2D eigenvalue weighted by atomic mass is 32.2. The van der Waals surface area contributed by atoms with Gasteiger partial charge in [0, 0.05) is 5.56 Å². The fourth-order valence-electron chi connectivity index (χ4n) is 2.26. The van der Waals surface area contributed by atoms with Crippen molar-refractivity contribution < 1.29 is 22.7 Å². The molecule has 0 aliphatic carbocycles. The molecule has 0 saturated heterocycles. The van der Waals surface area contributed by atoms with E-state index in [0.29, 0.717) is 5.75 Å². The van der Waals surface area contributed by atoms with Crippen LogP contribution in [-0.4, -0.2) is 26.2 Å². The number of rotatable bonds is 7. The lowest BCUT2D eigenvalue weighted by atomic mass is 10.1. The predicted octanol–water partition coefficient (Wildman–Crippen LogP) is 2.28. The Hall–Kier alpha value is -2.71. The minimum Gasteiger partial charge on any atom is -0.481 e. The number of ketones is 1. The molecule has 2 N–H and O–H groups in total. The summed E-state index contributed by atoms with van der Waals surface area (Å²) in [7, 11) is -4.02. The molecular weight excluding hydrogens is 368 g/mol. The van der Waals surface area contributed by atoms with Gasteiger partial charge in [0.15, 0.2) is 11.9 Å². The van der Waals surface area contributed by atoms with Gasteiger partial charge in [0.1, 0.15) is 5.75 Å². The molecule has 2 aromatic carbocycles. The summed E-state index contributed by atoms with van der Waals surface area (Å²) in [6.45, 7) is 6.66. The Bertz CT molecular complexity index is 970. The van der Waals surface area contributed by atoms with Crippen molar-refractivity contribution in [2.24, 2.45) is 0 Å². The predicted molar refractivity (Wildman–Crippen MR) is 101 cm³/mol. The van der Waals surface area contributed by atoms with Gasteiger partial charge in [-0.25, -0.2) is 8.42 Å². The van der Waals surface area contributed by atoms with E-state index in [9.17, 15) is 18.0 Å². The Balaban J connectivity index is 2.04. The first-order chi connectivity index (χ1) is 12.6. The van der Waals surface area contributed by atoms with Gasteiger partial charge in [0.05, 0.1) is 4.90 Å². The molecule has 2 rings (SSSR count). The van der Waals surface area contributed by atoms with Gasteiger partial charge in [-0.05, 0) is 57.0 Å². The van der Waals surface area contributed by atoms with E-state index < -0.39 is 22.0 Å². The first-order valence-electron chi connectivity index (χ1n) is 8.27. The summed E-state index contributed by atoms with van der Waals surface area (Å²) in [4.78, 5) is 25.5. The summed E-state index contributed by atoms with van der Waals surface area (Å²) in [5, 5.41) is 0. The van der Waals surface area contributed by atoms with E-state index in [1.807, 2.05) is 30.8 Å². The van der Waals surface area contributed by atoms with Gasteiger partial charge in [-0.1, -0.05) is 24.3 Å². The van der Waals surface area contributed by atoms with Crippen LogP contribution in [0.25, 0.3) is 0 Å². The second kappa shape index (κ2) is 8.32. The van der Waals surface area contributed by atoms with Gasteiger partial charge in [0.25, 0.3) is 15.9 Å². The fourth-order valence-corrected chi connectivity index (χ4v) is 3.15. The van der Waals surface area contributed by atoms with Gasteiger partial charge in [0.2, 0.25) is 0 Å². The normalized spacial score (nSPS) is 12.3. The molecule has 0 bridgehead atoms. The molecule has 27 heavy (non-hydrogen) atoms. The summed E-state index contributed by atoms with van der Waals surface area (Å²) in [6, 6.07) is 11.0. The van der Waals surface area contributed by atoms with Crippen molar-refractivity contribution >= 4 is 21.7 Å². The molecule has 0 fully saturated rings. The average Bonchev–Trinajstić information content (AvgIpc) is 2.63. The van der Waals surface area contributed by atoms with Crippen LogP contribution in [0.2, 0.25) is 0 Å². The molecule has 1 amide bonds. The molecule has 144 valence electrons. The zero-order valence-electron chi connectivity index (χ0n) is 15.6. The van der Waals surface area contributed by atoms with E-state index in [2.05, 4.69) is 5.43 Å². The number of sulfonamides is 1. The number of amides is 1. The Labute approximate surface area is 158 Å². The Morgan fingerprint density at radius 1 is 1.07 bits per heavy atom. The standard InChI is InChI=1S/C19H22N2O5S/c1-12-7-5-10-18(13(12)2)26-15(4)19(23)20-21-27(24,25)17-9-6-8-16(11-17)14(3)22/h5-11,15,21H,1-4H3,(H,20,23)/t15-/m1/s1. The molecule has 0 heterocycles. The van der Waals surface area contributed by atoms with Gasteiger partial charge >= 0.3 is 0 Å². The number of hydrogen-bond donors (Lipinski definition) is 2. The number of benzene rings is 2. The molecule has 0 unspecified atom stereocenters. The van der Waals surface area contributed by atoms with E-state index in [1.165, 1.54) is 38.1 Å². The number of carbonyl (C=O) groups excluding carboxylic acids is 2. The highest BCUT2D eigenvalue weighted by Crippen LogP contribution is 2.21. The van der Waals surface area contributed by atoms with Crippen LogP contribution in [0.5, 0.6) is 5.75 Å². The first kappa shape index (κ1) is 20.6. The molecule has 7 nitrogen and oxygen atoms in total. The van der Waals surface area contributed by atoms with E-state index in [4.69, 9.17) is 4.74 Å². The van der Waals surface area contributed by atoms with Crippen LogP contribution in [0.15, 0.2) is 47.4 Å². The number of aryl methyl sites for hydroxylation is 1. The molecule has 0 saturated carbocycles. The van der Waals surface area contributed by atoms with Crippen molar-refractivity contribution in [3.63, 3.8) is 0 Å². The maximum Gasteiger partial charge on any atom is 0.275 e. The van der Waals surface area contributed by atoms with Crippen molar-refractivity contribution in [2.45, 2.75) is 38.7 Å². The third-order valence-electron chi connectivity index (χ3n) is 4.09. The zero-order valence-corrected chi connectivity index (χ0v) is 16.4. The molecule has 2 aromatic rings. The van der Waals surface area contributed by atoms with Gasteiger partial charge in [-0.2, -0.15) is 0 Å². The third-order valence-corrected chi connectivity index (χ3v) is 5.33. The lowest BCUT2D eigenvalue weighted by molar-refractivity contribution is -0.127. The number of Topliss-reactive ketones (excluding diaryl/α,β-unsaturated/α-hetero) is 1. The Morgan fingerprint density at radius 3 is 2.41 bits per heavy atom. The van der Waals surface area contributed by atoms with E-state index in [-0.39, 0.29) is 16.2 Å². The number of nitrogens with one attached hydrogen (secondary N) is 2. The second-order valence-corrected chi connectivity index (χ2v) is 7.82. The molecule has 0 aliphatic rings. The average molecular weight is 390 g/mol. The minimum atomic E-state index is -4.02. The lowest BCUT2D eigenvalue weighted by Gasteiger charge is -2.17. The highest BCUT2D eigenvalue weighted by Gasteiger charge is 2.20. The second-order valence-electron chi connectivity index (χ2n) is 6.14. The topological polar surface area (TPSA) is 102 Å². The van der Waals surface area contributed by atoms with Crippen LogP contribution in [0.1, 0.15) is 35.3 Å². The van der Waals surface area contributed by atoms with Crippen LogP contribution in [-0.2, 0) is 14.8 Å². The molecule has 0 radical (unpaired) electrons. The minimum absolute atomic E-state index is 0.126. The molecule has 1 atom stereocenters. The quantitative estimate of drug-likeness (QED) is 0.558. The first-order valence-corrected chi connectivity index (χ1v) is 9.75. The van der Waals surface area contributed by atoms with Crippen LogP contribution >= 0.6 is 0 Å². The molecule has 0 aromatic heterocycles. The summed E-state index contributed by atoms with van der Waals surface area (Å²) < 4.78 is 30.2. The maximum atomic E-state index is 12.3. The number of hydrazine groups is 1. The third kappa shape index (κ3) is 5.15. The van der Waals surface area contributed by atoms with Gasteiger partial charge in [-0.3, -0.25) is 15.0 Å². The van der Waals surface area contributed by atoms with Gasteiger partial charge in [-0.15, -0.1) is 4.83 Å². The summed E-state index contributed by atoms with van der Waals surface area (Å²) in [5.74, 6) is -0.358. The summed E-state index contributed by atoms with van der Waals surface area (Å²) in [6.07, 6.45) is -0.920. The van der Waals surface area contributed by atoms with Crippen molar-refractivity contribution in [1.82, 2.24) is 10.3 Å². The lowest BCUT2D eigenvalue weighted by Crippen LogP contribution is -2.47. The number of carbonyl (C=O) groups is 2. The van der Waals surface area contributed by atoms with E-state index in [1.54, 1.807) is 6.07 Å². The molecule has 8 heteroatoms. The number of ether oxygens (including phenoxy) is 1. The monoisotopic (exact) mass is 390 g/mol. The zero-order chi connectivity index (χ0) is 20.2. The molecular formula is C19H22N2O5S. The molecule has 0 spiro atoms. The fraction of sp³-hybridized carbons (Fsp3) is 0.263. The Kier molecular flexibility index (Phi) is 6.35. The van der Waals surface area contributed by atoms with Crippen molar-refractivity contribution in [2.75, 3.05) is 0 Å². The largest absolute Gasteiger partial charge is 0.481 e. The van der Waals surface area contributed by atoms with Crippen LogP contribution in [0.3, 0.4) is 0 Å². The van der Waals surface area contributed by atoms with Crippen LogP contribution in [0, 0.1) is 13.8 Å². The van der Waals surface area contributed by atoms with E-state index in [0.717, 1.165) is 11.1 Å². The van der Waals surface area contributed by atoms with Gasteiger partial charge < -0.3 is 4.74 Å². The van der Waals surface area contributed by atoms with E-state index >= 15 is 0 Å². The summed E-state index contributed by atoms with van der Waals surface area (Å²) in [5.41, 5.74) is 4.32. The summed E-state index contributed by atoms with van der Waals surface area (Å²) >= 11 is 0. The van der Waals surface area contributed by atoms with Crippen molar-refractivity contribution in [1.29, 1.82) is 0 Å². The SMILES string of the molecule is CC(=O)c1cccc(S(=O)(=O)NNC(=O)[C@@H](C)Oc2cccc(C)c2C)c1. The van der Waals surface area contributed by atoms with Crippen LogP contribution < -0.4 is 15.0 Å². The number of hydrogen-bond acceptors (Lipinski definition) is 5. The van der Waals surface area contributed by atoms with Crippen molar-refractivity contribution in [3.05, 3.63) is 59.2 Å². The smallest absolute Gasteiger partial charge is 0.275 e. The maximum absolute atomic E-state index is 12.3. The highest BCUT2D eigenvalue weighted by molar-refractivity contribution is 7.89. The molecule has 0 aliphatic heterocycles. The Morgan fingerprint density at radius 2 is 1.74 bits per heavy atom. The van der Waals surface area contributed by atoms with Crippen LogP contribution in [0.4, 0.5) is 0 Å². The van der Waals surface area contributed by atoms with Crippen molar-refractivity contribution in [3.8, 4) is 5.75 Å².